The normalized spacial score (nSPS) is 20.3. The summed E-state index contributed by atoms with van der Waals surface area (Å²) in [6.45, 7) is 7.90. The molecule has 0 aromatic heterocycles. The molecule has 1 N–H and O–H groups in total. The van der Waals surface area contributed by atoms with Crippen LogP contribution in [0.2, 0.25) is 0 Å². The maximum absolute atomic E-state index is 12.8. The van der Waals surface area contributed by atoms with Crippen molar-refractivity contribution in [3.05, 3.63) is 24.3 Å². The summed E-state index contributed by atoms with van der Waals surface area (Å²) >= 11 is 1.33. The van der Waals surface area contributed by atoms with Gasteiger partial charge in [-0.3, -0.25) is 9.59 Å². The van der Waals surface area contributed by atoms with Crippen molar-refractivity contribution in [3.63, 3.8) is 0 Å². The van der Waals surface area contributed by atoms with Crippen LogP contribution in [0.4, 0.5) is 5.69 Å². The molecule has 0 radical (unpaired) electrons. The largest absolute Gasteiger partial charge is 0.382 e. The van der Waals surface area contributed by atoms with E-state index in [0.29, 0.717) is 26.3 Å². The van der Waals surface area contributed by atoms with Gasteiger partial charge in [-0.2, -0.15) is 0 Å². The molecule has 1 unspecified atom stereocenters. The van der Waals surface area contributed by atoms with Gasteiger partial charge in [-0.15, -0.1) is 0 Å². The summed E-state index contributed by atoms with van der Waals surface area (Å²) in [4.78, 5) is 28.1. The minimum absolute atomic E-state index is 0.161. The van der Waals surface area contributed by atoms with Gasteiger partial charge in [0.2, 0.25) is 5.91 Å². The number of ether oxygens (including phenoxy) is 1. The number of hydrogen-bond donors (Lipinski definition) is 1. The predicted octanol–water partition coefficient (Wildman–Crippen LogP) is 2.45. The third kappa shape index (κ3) is 3.70. The lowest BCUT2D eigenvalue weighted by atomic mass is 10.1. The molecular formula is C17H24N2O3S. The van der Waals surface area contributed by atoms with E-state index in [1.165, 1.54) is 11.8 Å². The van der Waals surface area contributed by atoms with E-state index in [1.807, 2.05) is 38.1 Å². The van der Waals surface area contributed by atoms with E-state index in [0.717, 1.165) is 17.0 Å². The van der Waals surface area contributed by atoms with Gasteiger partial charge in [0.25, 0.3) is 5.91 Å². The average molecular weight is 336 g/mol. The number of hydrogen-bond acceptors (Lipinski definition) is 4. The van der Waals surface area contributed by atoms with Crippen molar-refractivity contribution in [2.45, 2.75) is 36.8 Å². The van der Waals surface area contributed by atoms with Gasteiger partial charge in [-0.1, -0.05) is 23.9 Å². The van der Waals surface area contributed by atoms with Gasteiger partial charge in [-0.05, 0) is 39.3 Å². The third-order valence-electron chi connectivity index (χ3n) is 3.83. The van der Waals surface area contributed by atoms with Crippen molar-refractivity contribution < 1.29 is 14.3 Å². The highest BCUT2D eigenvalue weighted by molar-refractivity contribution is 8.02. The zero-order valence-corrected chi connectivity index (χ0v) is 14.7. The Morgan fingerprint density at radius 1 is 1.35 bits per heavy atom. The molecule has 0 saturated heterocycles. The molecule has 1 aliphatic rings. The van der Waals surface area contributed by atoms with E-state index < -0.39 is 4.75 Å². The Bertz CT molecular complexity index is 579. The molecule has 0 aliphatic carbocycles. The topological polar surface area (TPSA) is 58.6 Å². The standard InChI is InChI=1S/C17H24N2O3S/c1-4-19-13-9-6-7-10-14(13)23-17(3,16(19)21)15(20)18-11-8-12-22-5-2/h6-7,9-10H,4-5,8,11-12H2,1-3H3,(H,18,20). The molecule has 6 heteroatoms. The minimum Gasteiger partial charge on any atom is -0.382 e. The number of carbonyl (C=O) groups excluding carboxylic acids is 2. The Balaban J connectivity index is 2.11. The maximum atomic E-state index is 12.8. The van der Waals surface area contributed by atoms with Crippen molar-refractivity contribution >= 4 is 29.3 Å². The first-order valence-corrected chi connectivity index (χ1v) is 8.82. The zero-order valence-electron chi connectivity index (χ0n) is 13.9. The van der Waals surface area contributed by atoms with Crippen molar-refractivity contribution in [1.82, 2.24) is 5.32 Å². The number of para-hydroxylation sites is 1. The quantitative estimate of drug-likeness (QED) is 0.614. The van der Waals surface area contributed by atoms with Gasteiger partial charge in [-0.25, -0.2) is 0 Å². The summed E-state index contributed by atoms with van der Waals surface area (Å²) in [5.74, 6) is -0.400. The fraction of sp³-hybridized carbons (Fsp3) is 0.529. The molecule has 0 bridgehead atoms. The van der Waals surface area contributed by atoms with Crippen LogP contribution >= 0.6 is 11.8 Å². The number of thioether (sulfide) groups is 1. The monoisotopic (exact) mass is 336 g/mol. The molecule has 126 valence electrons. The van der Waals surface area contributed by atoms with E-state index in [2.05, 4.69) is 5.32 Å². The molecule has 1 aromatic rings. The molecule has 23 heavy (non-hydrogen) atoms. The third-order valence-corrected chi connectivity index (χ3v) is 5.16. The van der Waals surface area contributed by atoms with Crippen molar-refractivity contribution in [3.8, 4) is 0 Å². The summed E-state index contributed by atoms with van der Waals surface area (Å²) < 4.78 is 4.13. The van der Waals surface area contributed by atoms with Gasteiger partial charge in [0, 0.05) is 31.2 Å². The Hall–Kier alpha value is -1.53. The van der Waals surface area contributed by atoms with Crippen LogP contribution in [0.5, 0.6) is 0 Å². The Morgan fingerprint density at radius 2 is 2.09 bits per heavy atom. The molecular weight excluding hydrogens is 312 g/mol. The number of carbonyl (C=O) groups is 2. The number of nitrogens with zero attached hydrogens (tertiary/aromatic N) is 1. The van der Waals surface area contributed by atoms with Gasteiger partial charge in [0.1, 0.15) is 0 Å². The second-order valence-corrected chi connectivity index (χ2v) is 6.92. The predicted molar refractivity (Wildman–Crippen MR) is 92.9 cm³/mol. The molecule has 5 nitrogen and oxygen atoms in total. The van der Waals surface area contributed by atoms with E-state index >= 15 is 0 Å². The summed E-state index contributed by atoms with van der Waals surface area (Å²) in [5, 5.41) is 2.87. The van der Waals surface area contributed by atoms with Gasteiger partial charge >= 0.3 is 0 Å². The van der Waals surface area contributed by atoms with E-state index in [-0.39, 0.29) is 11.8 Å². The van der Waals surface area contributed by atoms with Crippen LogP contribution in [0.1, 0.15) is 27.2 Å². The first kappa shape index (κ1) is 17.8. The molecule has 1 heterocycles. The van der Waals surface area contributed by atoms with Crippen LogP contribution in [0.3, 0.4) is 0 Å². The second-order valence-electron chi connectivity index (χ2n) is 5.46. The molecule has 2 rings (SSSR count). The van der Waals surface area contributed by atoms with Crippen LogP contribution in [0.15, 0.2) is 29.2 Å². The van der Waals surface area contributed by atoms with Gasteiger partial charge in [0.15, 0.2) is 4.75 Å². The SMILES string of the molecule is CCOCCCNC(=O)C1(C)Sc2ccccc2N(CC)C1=O. The molecule has 1 aromatic carbocycles. The number of anilines is 1. The zero-order chi connectivity index (χ0) is 16.9. The average Bonchev–Trinajstić information content (AvgIpc) is 2.55. The first-order valence-electron chi connectivity index (χ1n) is 8.00. The highest BCUT2D eigenvalue weighted by atomic mass is 32.2. The minimum atomic E-state index is -1.13. The lowest BCUT2D eigenvalue weighted by Crippen LogP contribution is -2.56. The first-order chi connectivity index (χ1) is 11.0. The molecule has 1 atom stereocenters. The second kappa shape index (κ2) is 7.84. The van der Waals surface area contributed by atoms with Crippen LogP contribution in [-0.4, -0.2) is 42.9 Å². The molecule has 0 saturated carbocycles. The highest BCUT2D eigenvalue weighted by Gasteiger charge is 2.48. The Kier molecular flexibility index (Phi) is 6.07. The van der Waals surface area contributed by atoms with Crippen LogP contribution in [0.25, 0.3) is 0 Å². The van der Waals surface area contributed by atoms with Crippen LogP contribution in [0, 0.1) is 0 Å². The fourth-order valence-electron chi connectivity index (χ4n) is 2.54. The fourth-order valence-corrected chi connectivity index (χ4v) is 3.78. The number of nitrogens with one attached hydrogen (secondary N) is 1. The van der Waals surface area contributed by atoms with E-state index in [1.54, 1.807) is 11.8 Å². The molecule has 0 fully saturated rings. The van der Waals surface area contributed by atoms with Crippen molar-refractivity contribution in [2.24, 2.45) is 0 Å². The van der Waals surface area contributed by atoms with Gasteiger partial charge in [0.05, 0.1) is 5.69 Å². The molecule has 0 spiro atoms. The maximum Gasteiger partial charge on any atom is 0.252 e. The number of rotatable bonds is 7. The van der Waals surface area contributed by atoms with Crippen LogP contribution in [-0.2, 0) is 14.3 Å². The van der Waals surface area contributed by atoms with Crippen molar-refractivity contribution in [1.29, 1.82) is 0 Å². The summed E-state index contributed by atoms with van der Waals surface area (Å²) in [5.41, 5.74) is 0.881. The lowest BCUT2D eigenvalue weighted by Gasteiger charge is -2.38. The van der Waals surface area contributed by atoms with Crippen molar-refractivity contribution in [2.75, 3.05) is 31.2 Å². The molecule has 2 amide bonds. The van der Waals surface area contributed by atoms with Crippen LogP contribution < -0.4 is 10.2 Å². The summed E-state index contributed by atoms with van der Waals surface area (Å²) in [7, 11) is 0. The number of fused-ring (bicyclic) bond motifs is 1. The Labute approximate surface area is 141 Å². The molecule has 1 aliphatic heterocycles. The highest BCUT2D eigenvalue weighted by Crippen LogP contribution is 2.45. The summed E-state index contributed by atoms with van der Waals surface area (Å²) in [6.07, 6.45) is 0.739. The lowest BCUT2D eigenvalue weighted by molar-refractivity contribution is -0.131. The van der Waals surface area contributed by atoms with E-state index in [9.17, 15) is 9.59 Å². The Morgan fingerprint density at radius 3 is 2.78 bits per heavy atom. The van der Waals surface area contributed by atoms with Gasteiger partial charge < -0.3 is 15.0 Å². The number of amides is 2. The van der Waals surface area contributed by atoms with E-state index in [4.69, 9.17) is 4.74 Å². The summed E-state index contributed by atoms with van der Waals surface area (Å²) in [6, 6.07) is 7.71. The number of benzene rings is 1. The smallest absolute Gasteiger partial charge is 0.252 e.